The molecule has 0 saturated heterocycles. The van der Waals surface area contributed by atoms with Crippen LogP contribution in [0.5, 0.6) is 0 Å². The topological polar surface area (TPSA) is 83.0 Å². The maximum Gasteiger partial charge on any atom is 0.224 e. The second-order valence-electron chi connectivity index (χ2n) is 5.49. The highest BCUT2D eigenvalue weighted by Crippen LogP contribution is 2.39. The maximum atomic E-state index is 8.86. The van der Waals surface area contributed by atoms with E-state index in [4.69, 9.17) is 5.11 Å². The number of aromatic nitrogens is 3. The highest BCUT2D eigenvalue weighted by molar-refractivity contribution is 5.44. The highest BCUT2D eigenvalue weighted by atomic mass is 16.3. The van der Waals surface area contributed by atoms with Crippen LogP contribution >= 0.6 is 0 Å². The van der Waals surface area contributed by atoms with Gasteiger partial charge in [0.05, 0.1) is 5.69 Å². The first kappa shape index (κ1) is 14.7. The Bertz CT molecular complexity index is 601. The first-order valence-corrected chi connectivity index (χ1v) is 7.71. The zero-order valence-corrected chi connectivity index (χ0v) is 12.5. The van der Waals surface area contributed by atoms with Gasteiger partial charge in [0.1, 0.15) is 5.82 Å². The van der Waals surface area contributed by atoms with Gasteiger partial charge in [-0.1, -0.05) is 6.07 Å². The second-order valence-corrected chi connectivity index (χ2v) is 5.49. The molecule has 6 heteroatoms. The molecule has 0 bridgehead atoms. The van der Waals surface area contributed by atoms with Crippen LogP contribution in [0, 0.1) is 0 Å². The van der Waals surface area contributed by atoms with Crippen LogP contribution in [0.15, 0.2) is 30.6 Å². The molecule has 3 N–H and O–H groups in total. The van der Waals surface area contributed by atoms with Crippen molar-refractivity contribution in [3.05, 3.63) is 41.9 Å². The largest absolute Gasteiger partial charge is 0.396 e. The zero-order chi connectivity index (χ0) is 15.2. The highest BCUT2D eigenvalue weighted by Gasteiger charge is 2.26. The fourth-order valence-corrected chi connectivity index (χ4v) is 2.20. The van der Waals surface area contributed by atoms with Crippen molar-refractivity contribution in [1.82, 2.24) is 15.0 Å². The summed E-state index contributed by atoms with van der Waals surface area (Å²) in [5, 5.41) is 15.4. The summed E-state index contributed by atoms with van der Waals surface area (Å²) in [4.78, 5) is 13.2. The Hall–Kier alpha value is -2.21. The SMILES string of the molecule is OCCCNc1nc(NCc2cccnc2)cc(C2CC2)n1. The van der Waals surface area contributed by atoms with Crippen molar-refractivity contribution >= 4 is 11.8 Å². The fourth-order valence-electron chi connectivity index (χ4n) is 2.20. The number of nitrogens with zero attached hydrogens (tertiary/aromatic N) is 3. The van der Waals surface area contributed by atoms with E-state index in [9.17, 15) is 0 Å². The molecular weight excluding hydrogens is 278 g/mol. The number of hydrogen-bond acceptors (Lipinski definition) is 6. The maximum absolute atomic E-state index is 8.86. The summed E-state index contributed by atoms with van der Waals surface area (Å²) >= 11 is 0. The number of rotatable bonds is 8. The number of aliphatic hydroxyl groups excluding tert-OH is 1. The molecule has 0 spiro atoms. The minimum atomic E-state index is 0.168. The van der Waals surface area contributed by atoms with Crippen LogP contribution in [0.4, 0.5) is 11.8 Å². The Kier molecular flexibility index (Phi) is 4.80. The summed E-state index contributed by atoms with van der Waals surface area (Å²) in [5.41, 5.74) is 2.21. The van der Waals surface area contributed by atoms with Crippen LogP contribution < -0.4 is 10.6 Å². The summed E-state index contributed by atoms with van der Waals surface area (Å²) in [6.07, 6.45) is 6.71. The Morgan fingerprint density at radius 1 is 1.23 bits per heavy atom. The predicted molar refractivity (Wildman–Crippen MR) is 85.8 cm³/mol. The van der Waals surface area contributed by atoms with Crippen LogP contribution in [0.25, 0.3) is 0 Å². The summed E-state index contributed by atoms with van der Waals surface area (Å²) in [7, 11) is 0. The van der Waals surface area contributed by atoms with Crippen LogP contribution in [-0.4, -0.2) is 33.2 Å². The minimum Gasteiger partial charge on any atom is -0.396 e. The number of pyridine rings is 1. The van der Waals surface area contributed by atoms with E-state index in [1.807, 2.05) is 24.4 Å². The van der Waals surface area contributed by atoms with E-state index < -0.39 is 0 Å². The lowest BCUT2D eigenvalue weighted by molar-refractivity contribution is 0.292. The minimum absolute atomic E-state index is 0.168. The molecule has 0 amide bonds. The third-order valence-corrected chi connectivity index (χ3v) is 3.56. The molecular formula is C16H21N5O. The van der Waals surface area contributed by atoms with E-state index in [1.54, 1.807) is 6.20 Å². The molecule has 3 rings (SSSR count). The molecule has 1 aliphatic rings. The second kappa shape index (κ2) is 7.17. The molecule has 0 aliphatic heterocycles. The van der Waals surface area contributed by atoms with Gasteiger partial charge >= 0.3 is 0 Å². The monoisotopic (exact) mass is 299 g/mol. The molecule has 1 saturated carbocycles. The number of nitrogens with one attached hydrogen (secondary N) is 2. The normalized spacial score (nSPS) is 13.9. The third kappa shape index (κ3) is 4.14. The van der Waals surface area contributed by atoms with E-state index in [0.29, 0.717) is 31.4 Å². The molecule has 2 aromatic rings. The number of aliphatic hydroxyl groups is 1. The summed E-state index contributed by atoms with van der Waals surface area (Å²) in [6, 6.07) is 5.99. The smallest absolute Gasteiger partial charge is 0.224 e. The number of anilines is 2. The van der Waals surface area contributed by atoms with Crippen molar-refractivity contribution in [1.29, 1.82) is 0 Å². The molecule has 6 nitrogen and oxygen atoms in total. The lowest BCUT2D eigenvalue weighted by Gasteiger charge is -2.11. The first-order chi connectivity index (χ1) is 10.8. The van der Waals surface area contributed by atoms with E-state index in [0.717, 1.165) is 17.1 Å². The lowest BCUT2D eigenvalue weighted by atomic mass is 10.2. The molecule has 22 heavy (non-hydrogen) atoms. The standard InChI is InChI=1S/C16H21N5O/c22-8-2-7-18-16-20-14(13-4-5-13)9-15(21-16)19-11-12-3-1-6-17-10-12/h1,3,6,9-10,13,22H,2,4-5,7-8,11H2,(H2,18,19,20,21). The molecule has 2 heterocycles. The van der Waals surface area contributed by atoms with E-state index in [2.05, 4.69) is 25.6 Å². The van der Waals surface area contributed by atoms with Crippen molar-refractivity contribution in [3.8, 4) is 0 Å². The van der Waals surface area contributed by atoms with Gasteiger partial charge in [-0.15, -0.1) is 0 Å². The summed E-state index contributed by atoms with van der Waals surface area (Å²) < 4.78 is 0. The van der Waals surface area contributed by atoms with Gasteiger partial charge in [0.2, 0.25) is 5.95 Å². The molecule has 116 valence electrons. The molecule has 0 aromatic carbocycles. The number of hydrogen-bond donors (Lipinski definition) is 3. The van der Waals surface area contributed by atoms with Gasteiger partial charge < -0.3 is 15.7 Å². The molecule has 2 aromatic heterocycles. The quantitative estimate of drug-likeness (QED) is 0.648. The van der Waals surface area contributed by atoms with E-state index >= 15 is 0 Å². The van der Waals surface area contributed by atoms with Crippen molar-refractivity contribution in [2.75, 3.05) is 23.8 Å². The van der Waals surface area contributed by atoms with E-state index in [1.165, 1.54) is 12.8 Å². The molecule has 0 atom stereocenters. The Morgan fingerprint density at radius 2 is 2.14 bits per heavy atom. The van der Waals surface area contributed by atoms with Crippen molar-refractivity contribution in [2.45, 2.75) is 31.7 Å². The zero-order valence-electron chi connectivity index (χ0n) is 12.5. The van der Waals surface area contributed by atoms with Gasteiger partial charge in [-0.3, -0.25) is 4.98 Å². The molecule has 1 fully saturated rings. The predicted octanol–water partition coefficient (Wildman–Crippen LogP) is 2.16. The summed E-state index contributed by atoms with van der Waals surface area (Å²) in [5.74, 6) is 2.03. The van der Waals surface area contributed by atoms with Crippen molar-refractivity contribution in [2.24, 2.45) is 0 Å². The van der Waals surface area contributed by atoms with Crippen LogP contribution in [0.1, 0.15) is 36.4 Å². The average Bonchev–Trinajstić information content (AvgIpc) is 3.39. The summed E-state index contributed by atoms with van der Waals surface area (Å²) in [6.45, 7) is 1.53. The third-order valence-electron chi connectivity index (χ3n) is 3.56. The van der Waals surface area contributed by atoms with Crippen LogP contribution in [-0.2, 0) is 6.54 Å². The van der Waals surface area contributed by atoms with Crippen LogP contribution in [0.2, 0.25) is 0 Å². The van der Waals surface area contributed by atoms with Gasteiger partial charge in [0, 0.05) is 44.1 Å². The van der Waals surface area contributed by atoms with Gasteiger partial charge in [-0.05, 0) is 30.9 Å². The van der Waals surface area contributed by atoms with Crippen molar-refractivity contribution < 1.29 is 5.11 Å². The average molecular weight is 299 g/mol. The van der Waals surface area contributed by atoms with Gasteiger partial charge in [-0.2, -0.15) is 4.98 Å². The Morgan fingerprint density at radius 3 is 2.86 bits per heavy atom. The lowest BCUT2D eigenvalue weighted by Crippen LogP contribution is -2.10. The van der Waals surface area contributed by atoms with E-state index in [-0.39, 0.29) is 6.61 Å². The van der Waals surface area contributed by atoms with Gasteiger partial charge in [-0.25, -0.2) is 4.98 Å². The van der Waals surface area contributed by atoms with Gasteiger partial charge in [0.15, 0.2) is 0 Å². The Labute approximate surface area is 130 Å². The Balaban J connectivity index is 1.68. The molecule has 1 aliphatic carbocycles. The van der Waals surface area contributed by atoms with Gasteiger partial charge in [0.25, 0.3) is 0 Å². The fraction of sp³-hybridized carbons (Fsp3) is 0.438. The van der Waals surface area contributed by atoms with Crippen molar-refractivity contribution in [3.63, 3.8) is 0 Å². The van der Waals surface area contributed by atoms with Crippen LogP contribution in [0.3, 0.4) is 0 Å². The first-order valence-electron chi connectivity index (χ1n) is 7.71. The molecule has 0 radical (unpaired) electrons. The molecule has 0 unspecified atom stereocenters.